The summed E-state index contributed by atoms with van der Waals surface area (Å²) in [5.41, 5.74) is 2.06. The van der Waals surface area contributed by atoms with Crippen molar-refractivity contribution in [1.29, 1.82) is 0 Å². The van der Waals surface area contributed by atoms with Gasteiger partial charge in [0.15, 0.2) is 0 Å². The van der Waals surface area contributed by atoms with E-state index in [-0.39, 0.29) is 0 Å². The van der Waals surface area contributed by atoms with Crippen LogP contribution in [0.3, 0.4) is 0 Å². The summed E-state index contributed by atoms with van der Waals surface area (Å²) in [6.45, 7) is 4.16. The zero-order chi connectivity index (χ0) is 8.97. The van der Waals surface area contributed by atoms with E-state index in [0.717, 1.165) is 11.3 Å². The minimum atomic E-state index is 0.373. The number of nitrogens with zero attached hydrogens (tertiary/aromatic N) is 1. The number of rotatable bonds is 2. The van der Waals surface area contributed by atoms with Crippen LogP contribution in [0.25, 0.3) is 0 Å². The van der Waals surface area contributed by atoms with E-state index in [9.17, 15) is 0 Å². The molecule has 0 aliphatic rings. The minimum Gasteiger partial charge on any atom is -0.323 e. The third kappa shape index (κ3) is 1.84. The van der Waals surface area contributed by atoms with Crippen LogP contribution in [0, 0.1) is 5.92 Å². The van der Waals surface area contributed by atoms with Crippen LogP contribution in [-0.2, 0) is 0 Å². The maximum absolute atomic E-state index is 5.29. The Bertz CT molecular complexity index is 262. The van der Waals surface area contributed by atoms with Gasteiger partial charge in [-0.25, -0.2) is 0 Å². The molecule has 0 radical (unpaired) electrons. The highest BCUT2D eigenvalue weighted by atomic mass is 15.1. The third-order valence-electron chi connectivity index (χ3n) is 1.76. The Morgan fingerprint density at radius 3 is 2.25 bits per heavy atom. The zero-order valence-electron chi connectivity index (χ0n) is 7.49. The lowest BCUT2D eigenvalue weighted by Gasteiger charge is -2.07. The lowest BCUT2D eigenvalue weighted by atomic mass is 10.0. The molecular formula is C10H14N2. The van der Waals surface area contributed by atoms with Crippen molar-refractivity contribution in [2.24, 2.45) is 16.9 Å². The fourth-order valence-corrected chi connectivity index (χ4v) is 1.17. The highest BCUT2D eigenvalue weighted by Gasteiger charge is 2.06. The summed E-state index contributed by atoms with van der Waals surface area (Å²) in [5.74, 6) is 5.67. The third-order valence-corrected chi connectivity index (χ3v) is 1.76. The van der Waals surface area contributed by atoms with E-state index in [1.165, 1.54) is 0 Å². The Morgan fingerprint density at radius 2 is 1.83 bits per heavy atom. The van der Waals surface area contributed by atoms with E-state index in [2.05, 4.69) is 18.9 Å². The van der Waals surface area contributed by atoms with Crippen molar-refractivity contribution in [1.82, 2.24) is 0 Å². The van der Waals surface area contributed by atoms with Gasteiger partial charge in [-0.2, -0.15) is 5.10 Å². The first kappa shape index (κ1) is 8.78. The molecule has 12 heavy (non-hydrogen) atoms. The highest BCUT2D eigenvalue weighted by molar-refractivity contribution is 6.01. The van der Waals surface area contributed by atoms with Gasteiger partial charge < -0.3 is 5.84 Å². The second-order valence-electron chi connectivity index (χ2n) is 3.04. The summed E-state index contributed by atoms with van der Waals surface area (Å²) in [4.78, 5) is 0. The second-order valence-corrected chi connectivity index (χ2v) is 3.04. The van der Waals surface area contributed by atoms with Gasteiger partial charge in [0, 0.05) is 0 Å². The first-order valence-electron chi connectivity index (χ1n) is 4.09. The molecule has 2 nitrogen and oxygen atoms in total. The molecular weight excluding hydrogens is 148 g/mol. The van der Waals surface area contributed by atoms with Crippen LogP contribution in [-0.4, -0.2) is 5.71 Å². The van der Waals surface area contributed by atoms with Gasteiger partial charge in [0.25, 0.3) is 0 Å². The van der Waals surface area contributed by atoms with Crippen LogP contribution in [0.1, 0.15) is 19.4 Å². The Balaban J connectivity index is 2.97. The molecule has 0 heterocycles. The van der Waals surface area contributed by atoms with Gasteiger partial charge in [0.2, 0.25) is 0 Å². The van der Waals surface area contributed by atoms with E-state index >= 15 is 0 Å². The minimum absolute atomic E-state index is 0.373. The number of hydrogen-bond acceptors (Lipinski definition) is 2. The largest absolute Gasteiger partial charge is 0.323 e. The average Bonchev–Trinajstić information content (AvgIpc) is 2.07. The average molecular weight is 162 g/mol. The molecule has 0 aromatic heterocycles. The Hall–Kier alpha value is -1.31. The van der Waals surface area contributed by atoms with Crippen LogP contribution >= 0.6 is 0 Å². The van der Waals surface area contributed by atoms with Crippen molar-refractivity contribution in [2.75, 3.05) is 0 Å². The fraction of sp³-hybridized carbons (Fsp3) is 0.300. The number of benzene rings is 1. The predicted molar refractivity (Wildman–Crippen MR) is 52.0 cm³/mol. The maximum Gasteiger partial charge on any atom is 0.0698 e. The van der Waals surface area contributed by atoms with Crippen molar-refractivity contribution in [3.05, 3.63) is 35.9 Å². The summed E-state index contributed by atoms with van der Waals surface area (Å²) in [5, 5.41) is 3.77. The van der Waals surface area contributed by atoms with E-state index in [4.69, 9.17) is 5.84 Å². The lowest BCUT2D eigenvalue weighted by molar-refractivity contribution is 0.876. The standard InChI is InChI=1S/C10H14N2/c1-8(2)10(12-11)9-6-4-3-5-7-9/h3-8H,11H2,1-2H3. The molecule has 0 bridgehead atoms. The molecule has 1 aromatic carbocycles. The summed E-state index contributed by atoms with van der Waals surface area (Å²) in [6, 6.07) is 10.0. The number of hydrazone groups is 1. The molecule has 0 unspecified atom stereocenters. The van der Waals surface area contributed by atoms with Gasteiger partial charge in [0.05, 0.1) is 5.71 Å². The molecule has 1 aromatic rings. The Kier molecular flexibility index (Phi) is 2.86. The van der Waals surface area contributed by atoms with Crippen molar-refractivity contribution < 1.29 is 0 Å². The monoisotopic (exact) mass is 162 g/mol. The van der Waals surface area contributed by atoms with E-state index in [1.54, 1.807) is 0 Å². The number of nitrogens with two attached hydrogens (primary N) is 1. The van der Waals surface area contributed by atoms with Crippen LogP contribution in [0.5, 0.6) is 0 Å². The summed E-state index contributed by atoms with van der Waals surface area (Å²) < 4.78 is 0. The van der Waals surface area contributed by atoms with Gasteiger partial charge in [-0.05, 0) is 11.5 Å². The molecule has 64 valence electrons. The predicted octanol–water partition coefficient (Wildman–Crippen LogP) is 2.01. The molecule has 2 N–H and O–H groups in total. The molecule has 0 saturated carbocycles. The molecule has 0 aliphatic carbocycles. The molecule has 0 amide bonds. The smallest absolute Gasteiger partial charge is 0.0698 e. The molecule has 2 heteroatoms. The highest BCUT2D eigenvalue weighted by Crippen LogP contribution is 2.07. The molecule has 0 spiro atoms. The first-order valence-corrected chi connectivity index (χ1v) is 4.09. The van der Waals surface area contributed by atoms with Crippen molar-refractivity contribution in [2.45, 2.75) is 13.8 Å². The summed E-state index contributed by atoms with van der Waals surface area (Å²) in [7, 11) is 0. The topological polar surface area (TPSA) is 38.4 Å². The molecule has 0 fully saturated rings. The van der Waals surface area contributed by atoms with Crippen molar-refractivity contribution in [3.63, 3.8) is 0 Å². The quantitative estimate of drug-likeness (QED) is 0.403. The molecule has 1 rings (SSSR count). The zero-order valence-corrected chi connectivity index (χ0v) is 7.49. The van der Waals surface area contributed by atoms with E-state index in [0.29, 0.717) is 5.92 Å². The molecule has 0 aliphatic heterocycles. The van der Waals surface area contributed by atoms with Crippen molar-refractivity contribution >= 4 is 5.71 Å². The van der Waals surface area contributed by atoms with Gasteiger partial charge in [-0.15, -0.1) is 0 Å². The van der Waals surface area contributed by atoms with Gasteiger partial charge >= 0.3 is 0 Å². The molecule has 0 saturated heterocycles. The van der Waals surface area contributed by atoms with Crippen LogP contribution < -0.4 is 5.84 Å². The maximum atomic E-state index is 5.29. The second kappa shape index (κ2) is 3.90. The number of hydrogen-bond donors (Lipinski definition) is 1. The van der Waals surface area contributed by atoms with E-state index < -0.39 is 0 Å². The Labute approximate surface area is 73.1 Å². The van der Waals surface area contributed by atoms with Crippen molar-refractivity contribution in [3.8, 4) is 0 Å². The Morgan fingerprint density at radius 1 is 1.25 bits per heavy atom. The summed E-state index contributed by atoms with van der Waals surface area (Å²) in [6.07, 6.45) is 0. The van der Waals surface area contributed by atoms with Gasteiger partial charge in [-0.3, -0.25) is 0 Å². The normalized spacial score (nSPS) is 12.1. The van der Waals surface area contributed by atoms with Crippen LogP contribution in [0.2, 0.25) is 0 Å². The lowest BCUT2D eigenvalue weighted by Crippen LogP contribution is -2.11. The van der Waals surface area contributed by atoms with Crippen LogP contribution in [0.4, 0.5) is 0 Å². The van der Waals surface area contributed by atoms with Gasteiger partial charge in [0.1, 0.15) is 0 Å². The molecule has 0 atom stereocenters. The summed E-state index contributed by atoms with van der Waals surface area (Å²) >= 11 is 0. The van der Waals surface area contributed by atoms with Gasteiger partial charge in [-0.1, -0.05) is 44.2 Å². The SMILES string of the molecule is CC(C)C(=NN)c1ccccc1. The van der Waals surface area contributed by atoms with Crippen LogP contribution in [0.15, 0.2) is 35.4 Å². The van der Waals surface area contributed by atoms with E-state index in [1.807, 2.05) is 30.3 Å². The first-order chi connectivity index (χ1) is 5.75. The fourth-order valence-electron chi connectivity index (χ4n) is 1.17.